The average molecular weight is 471 g/mol. The van der Waals surface area contributed by atoms with E-state index in [-0.39, 0.29) is 6.42 Å². The van der Waals surface area contributed by atoms with E-state index >= 15 is 0 Å². The van der Waals surface area contributed by atoms with Crippen LogP contribution in [0, 0.1) is 5.82 Å². The molecule has 3 rings (SSSR count). The molecule has 5 nitrogen and oxygen atoms in total. The van der Waals surface area contributed by atoms with Crippen LogP contribution in [-0.2, 0) is 30.2 Å². The van der Waals surface area contributed by atoms with E-state index in [4.69, 9.17) is 9.47 Å². The van der Waals surface area contributed by atoms with Gasteiger partial charge in [0.25, 0.3) is 0 Å². The Labute approximate surface area is 196 Å². The first kappa shape index (κ1) is 24.7. The quantitative estimate of drug-likeness (QED) is 0.287. The van der Waals surface area contributed by atoms with Gasteiger partial charge >= 0.3 is 11.9 Å². The molecular formula is C26H27FO5S. The van der Waals surface area contributed by atoms with Crippen LogP contribution in [0.4, 0.5) is 4.39 Å². The molecule has 2 aromatic rings. The molecule has 1 aliphatic carbocycles. The summed E-state index contributed by atoms with van der Waals surface area (Å²) in [6, 6.07) is 11.8. The van der Waals surface area contributed by atoms with Crippen LogP contribution in [0.25, 0.3) is 17.2 Å². The second-order valence-corrected chi connectivity index (χ2v) is 9.17. The average Bonchev–Trinajstić information content (AvgIpc) is 3.03. The number of esters is 2. The van der Waals surface area contributed by atoms with E-state index in [1.807, 2.05) is 32.1 Å². The van der Waals surface area contributed by atoms with Gasteiger partial charge in [0.1, 0.15) is 12.1 Å². The second kappa shape index (κ2) is 11.3. The molecule has 0 saturated heterocycles. The molecule has 0 spiro atoms. The van der Waals surface area contributed by atoms with Crippen molar-refractivity contribution >= 4 is 40.3 Å². The number of halogens is 1. The maximum Gasteiger partial charge on any atom is 0.344 e. The summed E-state index contributed by atoms with van der Waals surface area (Å²) in [5.41, 5.74) is 4.71. The summed E-state index contributed by atoms with van der Waals surface area (Å²) in [6.45, 7) is 3.71. The number of hydrogen-bond donors (Lipinski definition) is 0. The van der Waals surface area contributed by atoms with Crippen LogP contribution in [0.15, 0.2) is 52.9 Å². The van der Waals surface area contributed by atoms with Crippen molar-refractivity contribution in [2.24, 2.45) is 0 Å². The molecule has 1 unspecified atom stereocenters. The smallest absolute Gasteiger partial charge is 0.344 e. The summed E-state index contributed by atoms with van der Waals surface area (Å²) < 4.78 is 35.7. The Morgan fingerprint density at radius 3 is 2.45 bits per heavy atom. The Morgan fingerprint density at radius 2 is 1.79 bits per heavy atom. The molecule has 174 valence electrons. The maximum atomic E-state index is 14.0. The molecule has 0 fully saturated rings. The predicted octanol–water partition coefficient (Wildman–Crippen LogP) is 5.17. The highest BCUT2D eigenvalue weighted by molar-refractivity contribution is 7.90. The Balaban J connectivity index is 1.80. The lowest BCUT2D eigenvalue weighted by atomic mass is 10.0. The fourth-order valence-electron chi connectivity index (χ4n) is 3.61. The number of allylic oxidation sites excluding steroid dienone is 2. The molecule has 0 heterocycles. The van der Waals surface area contributed by atoms with Crippen LogP contribution in [0.3, 0.4) is 0 Å². The number of ether oxygens (including phenoxy) is 2. The number of carbonyl (C=O) groups is 2. The molecule has 0 radical (unpaired) electrons. The number of rotatable bonds is 9. The molecule has 0 N–H and O–H groups in total. The van der Waals surface area contributed by atoms with Crippen molar-refractivity contribution in [1.82, 2.24) is 0 Å². The topological polar surface area (TPSA) is 75.7 Å². The molecule has 2 aromatic carbocycles. The molecule has 0 aromatic heterocycles. The summed E-state index contributed by atoms with van der Waals surface area (Å²) in [5.74, 6) is -1.57. The minimum absolute atomic E-state index is 0.0877. The fourth-order valence-corrected chi connectivity index (χ4v) is 4.13. The lowest BCUT2D eigenvalue weighted by Gasteiger charge is -2.08. The van der Waals surface area contributed by atoms with Crippen LogP contribution in [0.2, 0.25) is 0 Å². The van der Waals surface area contributed by atoms with Crippen molar-refractivity contribution in [2.75, 3.05) is 19.5 Å². The molecule has 1 atom stereocenters. The van der Waals surface area contributed by atoms with Gasteiger partial charge < -0.3 is 14.0 Å². The van der Waals surface area contributed by atoms with Crippen LogP contribution >= 0.6 is 0 Å². The van der Waals surface area contributed by atoms with Crippen molar-refractivity contribution in [1.29, 1.82) is 0 Å². The van der Waals surface area contributed by atoms with Gasteiger partial charge in [0.15, 0.2) is 11.5 Å². The van der Waals surface area contributed by atoms with Gasteiger partial charge in [0.2, 0.25) is 0 Å². The number of carbonyl (C=O) groups excluding carboxylic acids is 2. The van der Waals surface area contributed by atoms with Crippen molar-refractivity contribution in [3.63, 3.8) is 0 Å². The zero-order chi connectivity index (χ0) is 24.0. The second-order valence-electron chi connectivity index (χ2n) is 7.79. The van der Waals surface area contributed by atoms with Gasteiger partial charge in [-0.3, -0.25) is 4.79 Å². The zero-order valence-electron chi connectivity index (χ0n) is 19.0. The summed E-state index contributed by atoms with van der Waals surface area (Å²) >= 11 is -1.06. The molecule has 0 amide bonds. The van der Waals surface area contributed by atoms with Gasteiger partial charge in [-0.25, -0.2) is 9.18 Å². The first-order valence-corrected chi connectivity index (χ1v) is 12.3. The zero-order valence-corrected chi connectivity index (χ0v) is 19.8. The predicted molar refractivity (Wildman–Crippen MR) is 127 cm³/mol. The maximum absolute atomic E-state index is 14.0. The Kier molecular flexibility index (Phi) is 8.47. The van der Waals surface area contributed by atoms with Gasteiger partial charge in [0.05, 0.1) is 13.0 Å². The molecular weight excluding hydrogens is 443 g/mol. The summed E-state index contributed by atoms with van der Waals surface area (Å²) in [4.78, 5) is 24.9. The van der Waals surface area contributed by atoms with Gasteiger partial charge in [-0.2, -0.15) is 0 Å². The lowest BCUT2D eigenvalue weighted by molar-refractivity contribution is -0.158. The number of benzene rings is 2. The summed E-state index contributed by atoms with van der Waals surface area (Å²) in [6.07, 6.45) is 5.14. The summed E-state index contributed by atoms with van der Waals surface area (Å²) in [5, 5.41) is 0. The van der Waals surface area contributed by atoms with Crippen molar-refractivity contribution in [3.8, 4) is 0 Å². The van der Waals surface area contributed by atoms with E-state index in [0.29, 0.717) is 17.7 Å². The highest BCUT2D eigenvalue weighted by Gasteiger charge is 2.26. The first-order chi connectivity index (χ1) is 15.8. The highest BCUT2D eigenvalue weighted by Crippen LogP contribution is 2.44. The third kappa shape index (κ3) is 6.33. The first-order valence-electron chi connectivity index (χ1n) is 10.8. The lowest BCUT2D eigenvalue weighted by Crippen LogP contribution is -2.17. The Bertz CT molecular complexity index is 1090. The third-order valence-electron chi connectivity index (χ3n) is 5.41. The fraction of sp³-hybridized carbons (Fsp3) is 0.308. The standard InChI is InChI=1S/C26H27FO5S/c1-4-5-12-31-26(29)16-32-25(28)15-23-17(2)22(21-11-8-19(27)14-24(21)23)13-18-6-9-20(10-7-18)33(3)30/h6-11,13-14H,4-5,12,15-16H2,1-3H3. The minimum atomic E-state index is -1.06. The number of fused-ring (bicyclic) bond motifs is 1. The van der Waals surface area contributed by atoms with Gasteiger partial charge in [0, 0.05) is 0 Å². The number of unbranched alkanes of at least 4 members (excludes halogenated alkanes) is 1. The van der Waals surface area contributed by atoms with E-state index in [1.165, 1.54) is 12.1 Å². The largest absolute Gasteiger partial charge is 0.612 e. The van der Waals surface area contributed by atoms with Gasteiger partial charge in [-0.15, -0.1) is 0 Å². The van der Waals surface area contributed by atoms with E-state index in [1.54, 1.807) is 24.5 Å². The monoisotopic (exact) mass is 470 g/mol. The molecule has 0 saturated carbocycles. The molecule has 7 heteroatoms. The molecule has 0 bridgehead atoms. The molecule has 33 heavy (non-hydrogen) atoms. The van der Waals surface area contributed by atoms with Crippen LogP contribution < -0.4 is 0 Å². The highest BCUT2D eigenvalue weighted by atomic mass is 32.2. The Hall–Kier alpha value is -2.90. The van der Waals surface area contributed by atoms with Crippen LogP contribution in [0.1, 0.15) is 49.8 Å². The van der Waals surface area contributed by atoms with Crippen molar-refractivity contribution < 1.29 is 28.0 Å². The van der Waals surface area contributed by atoms with E-state index in [0.717, 1.165) is 40.0 Å². The van der Waals surface area contributed by atoms with Gasteiger partial charge in [-0.05, 0) is 100 Å². The third-order valence-corrected chi connectivity index (χ3v) is 6.35. The Morgan fingerprint density at radius 1 is 1.06 bits per heavy atom. The van der Waals surface area contributed by atoms with E-state index < -0.39 is 35.5 Å². The minimum Gasteiger partial charge on any atom is -0.612 e. The van der Waals surface area contributed by atoms with Gasteiger partial charge in [-0.1, -0.05) is 19.4 Å². The van der Waals surface area contributed by atoms with E-state index in [2.05, 4.69) is 0 Å². The molecule has 1 aliphatic rings. The van der Waals surface area contributed by atoms with Crippen LogP contribution in [-0.4, -0.2) is 36.0 Å². The normalized spacial score (nSPS) is 14.9. The SMILES string of the molecule is CCCCOC(=O)COC(=O)CC1=C(C)C(=Cc2ccc([S+](C)[O-])cc2)c2ccc(F)cc21. The molecule has 0 aliphatic heterocycles. The van der Waals surface area contributed by atoms with Crippen molar-refractivity contribution in [3.05, 3.63) is 70.5 Å². The summed E-state index contributed by atoms with van der Waals surface area (Å²) in [7, 11) is 0. The number of hydrogen-bond acceptors (Lipinski definition) is 5. The van der Waals surface area contributed by atoms with Crippen molar-refractivity contribution in [2.45, 2.75) is 38.0 Å². The van der Waals surface area contributed by atoms with E-state index in [9.17, 15) is 18.5 Å². The van der Waals surface area contributed by atoms with Crippen LogP contribution in [0.5, 0.6) is 0 Å².